The van der Waals surface area contributed by atoms with Crippen LogP contribution in [0, 0.1) is 0 Å². The maximum absolute atomic E-state index is 11.7. The van der Waals surface area contributed by atoms with Gasteiger partial charge in [-0.15, -0.1) is 0 Å². The summed E-state index contributed by atoms with van der Waals surface area (Å²) in [5.41, 5.74) is 1.28. The van der Waals surface area contributed by atoms with Crippen LogP contribution in [0.3, 0.4) is 0 Å². The monoisotopic (exact) mass is 265 g/mol. The first-order valence-corrected chi connectivity index (χ1v) is 6.52. The van der Waals surface area contributed by atoms with Gasteiger partial charge in [-0.3, -0.25) is 5.32 Å². The molecule has 1 aromatic rings. The number of anilines is 1. The molecular weight excluding hydrogens is 242 g/mol. The average molecular weight is 265 g/mol. The van der Waals surface area contributed by atoms with Crippen molar-refractivity contribution in [1.29, 1.82) is 0 Å². The number of nitrogens with one attached hydrogen (secondary N) is 1. The van der Waals surface area contributed by atoms with Gasteiger partial charge in [-0.05, 0) is 50.8 Å². The molecule has 106 valence electrons. The van der Waals surface area contributed by atoms with E-state index in [-0.39, 0.29) is 12.5 Å². The molecular formula is C15H23NO3. The second-order valence-electron chi connectivity index (χ2n) is 5.67. The summed E-state index contributed by atoms with van der Waals surface area (Å²) in [7, 11) is 0. The van der Waals surface area contributed by atoms with Gasteiger partial charge in [-0.2, -0.15) is 0 Å². The molecule has 4 heteroatoms. The standard InChI is InChI=1S/C15H23NO3/c1-11(8-9-17)12-6-5-7-13(10-12)16-14(18)19-15(2,3)4/h5-7,10-11,17H,8-9H2,1-4H3,(H,16,18). The van der Waals surface area contributed by atoms with Crippen LogP contribution in [0.4, 0.5) is 10.5 Å². The third-order valence-electron chi connectivity index (χ3n) is 2.66. The van der Waals surface area contributed by atoms with E-state index in [0.717, 1.165) is 5.56 Å². The minimum atomic E-state index is -0.508. The molecule has 0 aliphatic carbocycles. The largest absolute Gasteiger partial charge is 0.444 e. The van der Waals surface area contributed by atoms with Gasteiger partial charge in [-0.25, -0.2) is 4.79 Å². The van der Waals surface area contributed by atoms with Gasteiger partial charge in [0.25, 0.3) is 0 Å². The van der Waals surface area contributed by atoms with Crippen molar-refractivity contribution in [2.75, 3.05) is 11.9 Å². The third-order valence-corrected chi connectivity index (χ3v) is 2.66. The molecule has 0 saturated carbocycles. The topological polar surface area (TPSA) is 58.6 Å². The van der Waals surface area contributed by atoms with E-state index in [0.29, 0.717) is 12.1 Å². The van der Waals surface area contributed by atoms with Crippen molar-refractivity contribution in [3.05, 3.63) is 29.8 Å². The molecule has 1 atom stereocenters. The molecule has 19 heavy (non-hydrogen) atoms. The highest BCUT2D eigenvalue weighted by molar-refractivity contribution is 5.84. The van der Waals surface area contributed by atoms with Crippen LogP contribution in [-0.2, 0) is 4.74 Å². The zero-order valence-electron chi connectivity index (χ0n) is 12.1. The minimum Gasteiger partial charge on any atom is -0.444 e. The Morgan fingerprint density at radius 3 is 2.68 bits per heavy atom. The number of aliphatic hydroxyl groups excluding tert-OH is 1. The maximum Gasteiger partial charge on any atom is 0.412 e. The molecule has 0 aromatic heterocycles. The number of carbonyl (C=O) groups excluding carboxylic acids is 1. The number of ether oxygens (including phenoxy) is 1. The Labute approximate surface area is 114 Å². The van der Waals surface area contributed by atoms with E-state index in [1.165, 1.54) is 0 Å². The van der Waals surface area contributed by atoms with Crippen LogP contribution >= 0.6 is 0 Å². The first kappa shape index (κ1) is 15.5. The molecule has 2 N–H and O–H groups in total. The summed E-state index contributed by atoms with van der Waals surface area (Å²) < 4.78 is 5.20. The van der Waals surface area contributed by atoms with E-state index in [1.807, 2.05) is 52.0 Å². The Bertz CT molecular complexity index is 424. The van der Waals surface area contributed by atoms with Gasteiger partial charge in [0.2, 0.25) is 0 Å². The van der Waals surface area contributed by atoms with Crippen LogP contribution in [-0.4, -0.2) is 23.4 Å². The molecule has 0 spiro atoms. The lowest BCUT2D eigenvalue weighted by Crippen LogP contribution is -2.27. The van der Waals surface area contributed by atoms with Crippen molar-refractivity contribution in [1.82, 2.24) is 0 Å². The molecule has 4 nitrogen and oxygen atoms in total. The van der Waals surface area contributed by atoms with Crippen molar-refractivity contribution < 1.29 is 14.6 Å². The summed E-state index contributed by atoms with van der Waals surface area (Å²) in [6.45, 7) is 7.68. The van der Waals surface area contributed by atoms with Gasteiger partial charge >= 0.3 is 6.09 Å². The lowest BCUT2D eigenvalue weighted by molar-refractivity contribution is 0.0636. The second kappa shape index (κ2) is 6.57. The fourth-order valence-corrected chi connectivity index (χ4v) is 1.70. The van der Waals surface area contributed by atoms with Crippen LogP contribution < -0.4 is 5.32 Å². The van der Waals surface area contributed by atoms with E-state index in [4.69, 9.17) is 9.84 Å². The molecule has 0 bridgehead atoms. The van der Waals surface area contributed by atoms with E-state index >= 15 is 0 Å². The molecule has 0 aliphatic heterocycles. The van der Waals surface area contributed by atoms with Crippen LogP contribution in [0.2, 0.25) is 0 Å². The number of amides is 1. The lowest BCUT2D eigenvalue weighted by Gasteiger charge is -2.20. The van der Waals surface area contributed by atoms with Gasteiger partial charge in [0.1, 0.15) is 5.60 Å². The predicted molar refractivity (Wildman–Crippen MR) is 76.4 cm³/mol. The molecule has 1 unspecified atom stereocenters. The second-order valence-corrected chi connectivity index (χ2v) is 5.67. The summed E-state index contributed by atoms with van der Waals surface area (Å²) >= 11 is 0. The first-order valence-electron chi connectivity index (χ1n) is 6.52. The van der Waals surface area contributed by atoms with Crippen molar-refractivity contribution in [2.24, 2.45) is 0 Å². The number of carbonyl (C=O) groups is 1. The summed E-state index contributed by atoms with van der Waals surface area (Å²) in [6, 6.07) is 7.60. The van der Waals surface area contributed by atoms with Gasteiger partial charge in [0, 0.05) is 12.3 Å². The Morgan fingerprint density at radius 2 is 2.11 bits per heavy atom. The van der Waals surface area contributed by atoms with Crippen molar-refractivity contribution in [3.63, 3.8) is 0 Å². The zero-order chi connectivity index (χ0) is 14.5. The van der Waals surface area contributed by atoms with Crippen molar-refractivity contribution in [3.8, 4) is 0 Å². The van der Waals surface area contributed by atoms with Crippen LogP contribution in [0.15, 0.2) is 24.3 Å². The minimum absolute atomic E-state index is 0.158. The lowest BCUT2D eigenvalue weighted by atomic mass is 9.98. The third kappa shape index (κ3) is 5.75. The summed E-state index contributed by atoms with van der Waals surface area (Å²) in [5, 5.41) is 11.7. The number of hydrogen-bond donors (Lipinski definition) is 2. The number of hydrogen-bond acceptors (Lipinski definition) is 3. The number of rotatable bonds is 4. The molecule has 0 saturated heterocycles. The van der Waals surface area contributed by atoms with Crippen molar-refractivity contribution in [2.45, 2.75) is 45.6 Å². The van der Waals surface area contributed by atoms with E-state index in [9.17, 15) is 4.79 Å². The van der Waals surface area contributed by atoms with E-state index in [2.05, 4.69) is 5.32 Å². The first-order chi connectivity index (χ1) is 8.81. The SMILES string of the molecule is CC(CCO)c1cccc(NC(=O)OC(C)(C)C)c1. The molecule has 0 heterocycles. The van der Waals surface area contributed by atoms with Gasteiger partial charge in [-0.1, -0.05) is 19.1 Å². The molecule has 1 rings (SSSR count). The summed E-state index contributed by atoms with van der Waals surface area (Å²) in [5.74, 6) is 0.255. The van der Waals surface area contributed by atoms with E-state index in [1.54, 1.807) is 0 Å². The summed E-state index contributed by atoms with van der Waals surface area (Å²) in [6.07, 6.45) is 0.245. The fourth-order valence-electron chi connectivity index (χ4n) is 1.70. The highest BCUT2D eigenvalue weighted by atomic mass is 16.6. The maximum atomic E-state index is 11.7. The van der Waals surface area contributed by atoms with Gasteiger partial charge in [0.15, 0.2) is 0 Å². The smallest absolute Gasteiger partial charge is 0.412 e. The molecule has 0 fully saturated rings. The Kier molecular flexibility index (Phi) is 5.36. The Morgan fingerprint density at radius 1 is 1.42 bits per heavy atom. The summed E-state index contributed by atoms with van der Waals surface area (Å²) in [4.78, 5) is 11.7. The van der Waals surface area contributed by atoms with Crippen LogP contribution in [0.1, 0.15) is 45.6 Å². The normalized spacial score (nSPS) is 12.9. The number of aliphatic hydroxyl groups is 1. The van der Waals surface area contributed by atoms with Crippen molar-refractivity contribution >= 4 is 11.8 Å². The van der Waals surface area contributed by atoms with Crippen LogP contribution in [0.25, 0.3) is 0 Å². The number of benzene rings is 1. The Balaban J connectivity index is 2.69. The van der Waals surface area contributed by atoms with Crippen LogP contribution in [0.5, 0.6) is 0 Å². The molecule has 1 amide bonds. The molecule has 0 radical (unpaired) electrons. The zero-order valence-corrected chi connectivity index (χ0v) is 12.1. The Hall–Kier alpha value is -1.55. The highest BCUT2D eigenvalue weighted by Crippen LogP contribution is 2.22. The van der Waals surface area contributed by atoms with E-state index < -0.39 is 11.7 Å². The highest BCUT2D eigenvalue weighted by Gasteiger charge is 2.16. The molecule has 1 aromatic carbocycles. The predicted octanol–water partition coefficient (Wildman–Crippen LogP) is 3.52. The molecule has 0 aliphatic rings. The average Bonchev–Trinajstić information content (AvgIpc) is 2.27. The van der Waals surface area contributed by atoms with Gasteiger partial charge in [0.05, 0.1) is 0 Å². The fraction of sp³-hybridized carbons (Fsp3) is 0.533. The van der Waals surface area contributed by atoms with Gasteiger partial charge < -0.3 is 9.84 Å². The quantitative estimate of drug-likeness (QED) is 0.875.